The van der Waals surface area contributed by atoms with Crippen molar-refractivity contribution in [2.45, 2.75) is 12.8 Å². The predicted molar refractivity (Wildman–Crippen MR) is 76.7 cm³/mol. The summed E-state index contributed by atoms with van der Waals surface area (Å²) in [6, 6.07) is 5.16. The van der Waals surface area contributed by atoms with Crippen molar-refractivity contribution >= 4 is 22.8 Å². The number of rotatable bonds is 2. The van der Waals surface area contributed by atoms with Crippen molar-refractivity contribution < 1.29 is 9.59 Å². The molecule has 0 aliphatic carbocycles. The summed E-state index contributed by atoms with van der Waals surface area (Å²) in [5, 5.41) is 0. The summed E-state index contributed by atoms with van der Waals surface area (Å²) >= 11 is 0. The normalized spacial score (nSPS) is 16.3. The molecule has 7 heteroatoms. The number of nitrogens with one attached hydrogen (secondary N) is 2. The number of primary amides is 1. The number of carbonyl (C=O) groups excluding carboxylic acids is 2. The van der Waals surface area contributed by atoms with Gasteiger partial charge < -0.3 is 20.6 Å². The highest BCUT2D eigenvalue weighted by molar-refractivity contribution is 6.04. The van der Waals surface area contributed by atoms with Gasteiger partial charge in [-0.05, 0) is 25.0 Å². The van der Waals surface area contributed by atoms with Gasteiger partial charge >= 0.3 is 5.69 Å². The second-order valence-electron chi connectivity index (χ2n) is 5.28. The highest BCUT2D eigenvalue weighted by Crippen LogP contribution is 2.21. The van der Waals surface area contributed by atoms with E-state index >= 15 is 0 Å². The SMILES string of the molecule is NC(=O)C1CCN(C(=O)c2cccc3[nH]c(=O)[nH]c23)CC1. The molecule has 1 saturated heterocycles. The summed E-state index contributed by atoms with van der Waals surface area (Å²) in [5.74, 6) is -0.602. The number of para-hydroxylation sites is 1. The molecule has 0 spiro atoms. The molecule has 0 radical (unpaired) electrons. The molecule has 1 aliphatic heterocycles. The van der Waals surface area contributed by atoms with E-state index in [1.807, 2.05) is 0 Å². The number of hydrogen-bond acceptors (Lipinski definition) is 3. The Hall–Kier alpha value is -2.57. The Kier molecular flexibility index (Phi) is 3.25. The molecule has 1 aromatic heterocycles. The Morgan fingerprint density at radius 3 is 2.57 bits per heavy atom. The van der Waals surface area contributed by atoms with Crippen LogP contribution in [0.15, 0.2) is 23.0 Å². The van der Waals surface area contributed by atoms with Gasteiger partial charge in [-0.2, -0.15) is 0 Å². The fourth-order valence-electron chi connectivity index (χ4n) is 2.77. The molecule has 2 amide bonds. The Bertz CT molecular complexity index is 753. The highest BCUT2D eigenvalue weighted by Gasteiger charge is 2.27. The molecule has 0 unspecified atom stereocenters. The van der Waals surface area contributed by atoms with Crippen molar-refractivity contribution in [1.29, 1.82) is 0 Å². The van der Waals surface area contributed by atoms with E-state index in [2.05, 4.69) is 9.97 Å². The van der Waals surface area contributed by atoms with E-state index in [1.54, 1.807) is 23.1 Å². The minimum absolute atomic E-state index is 0.140. The number of fused-ring (bicyclic) bond motifs is 1. The second-order valence-corrected chi connectivity index (χ2v) is 5.28. The van der Waals surface area contributed by atoms with Crippen LogP contribution < -0.4 is 11.4 Å². The van der Waals surface area contributed by atoms with Crippen molar-refractivity contribution in [3.63, 3.8) is 0 Å². The first-order valence-electron chi connectivity index (χ1n) is 6.86. The van der Waals surface area contributed by atoms with Gasteiger partial charge in [-0.25, -0.2) is 4.79 Å². The van der Waals surface area contributed by atoms with Crippen LogP contribution in [0.5, 0.6) is 0 Å². The van der Waals surface area contributed by atoms with Gasteiger partial charge in [0.25, 0.3) is 5.91 Å². The van der Waals surface area contributed by atoms with E-state index in [1.165, 1.54) is 0 Å². The molecule has 1 fully saturated rings. The van der Waals surface area contributed by atoms with Gasteiger partial charge in [0.1, 0.15) is 0 Å². The number of nitrogens with two attached hydrogens (primary N) is 1. The number of nitrogens with zero attached hydrogens (tertiary/aromatic N) is 1. The Morgan fingerprint density at radius 1 is 1.19 bits per heavy atom. The van der Waals surface area contributed by atoms with Gasteiger partial charge in [0.05, 0.1) is 16.6 Å². The molecule has 7 nitrogen and oxygen atoms in total. The number of likely N-dealkylation sites (tertiary alicyclic amines) is 1. The van der Waals surface area contributed by atoms with Crippen molar-refractivity contribution in [3.05, 3.63) is 34.2 Å². The molecule has 110 valence electrons. The third kappa shape index (κ3) is 2.42. The number of benzene rings is 1. The quantitative estimate of drug-likeness (QED) is 0.733. The lowest BCUT2D eigenvalue weighted by molar-refractivity contribution is -0.123. The van der Waals surface area contributed by atoms with Crippen LogP contribution in [0.2, 0.25) is 0 Å². The topological polar surface area (TPSA) is 112 Å². The molecular formula is C14H16N4O3. The van der Waals surface area contributed by atoms with E-state index in [9.17, 15) is 14.4 Å². The van der Waals surface area contributed by atoms with Gasteiger partial charge in [0.2, 0.25) is 5.91 Å². The van der Waals surface area contributed by atoms with Crippen LogP contribution in [0.1, 0.15) is 23.2 Å². The minimum atomic E-state index is -0.335. The van der Waals surface area contributed by atoms with Crippen molar-refractivity contribution in [2.75, 3.05) is 13.1 Å². The first-order valence-corrected chi connectivity index (χ1v) is 6.86. The monoisotopic (exact) mass is 288 g/mol. The summed E-state index contributed by atoms with van der Waals surface area (Å²) in [4.78, 5) is 42.1. The summed E-state index contributed by atoms with van der Waals surface area (Å²) in [6.07, 6.45) is 1.17. The van der Waals surface area contributed by atoms with Crippen LogP contribution in [0.25, 0.3) is 11.0 Å². The molecule has 1 aliphatic rings. The van der Waals surface area contributed by atoms with Crippen molar-refractivity contribution in [2.24, 2.45) is 11.7 Å². The number of imidazole rings is 1. The molecule has 1 aromatic carbocycles. The average molecular weight is 288 g/mol. The molecule has 0 bridgehead atoms. The lowest BCUT2D eigenvalue weighted by atomic mass is 9.96. The molecule has 2 heterocycles. The van der Waals surface area contributed by atoms with E-state index in [4.69, 9.17) is 5.73 Å². The fraction of sp³-hybridized carbons (Fsp3) is 0.357. The van der Waals surface area contributed by atoms with Crippen LogP contribution in [-0.2, 0) is 4.79 Å². The smallest absolute Gasteiger partial charge is 0.323 e. The van der Waals surface area contributed by atoms with Crippen LogP contribution >= 0.6 is 0 Å². The van der Waals surface area contributed by atoms with Crippen molar-refractivity contribution in [3.8, 4) is 0 Å². The number of hydrogen-bond donors (Lipinski definition) is 3. The number of piperidine rings is 1. The van der Waals surface area contributed by atoms with E-state index in [-0.39, 0.29) is 23.4 Å². The molecule has 0 saturated carbocycles. The summed E-state index contributed by atoms with van der Waals surface area (Å²) < 4.78 is 0. The molecular weight excluding hydrogens is 272 g/mol. The number of aromatic amines is 2. The summed E-state index contributed by atoms with van der Waals surface area (Å²) in [6.45, 7) is 0.995. The lowest BCUT2D eigenvalue weighted by Gasteiger charge is -2.30. The van der Waals surface area contributed by atoms with Gasteiger partial charge in [-0.3, -0.25) is 9.59 Å². The Balaban J connectivity index is 1.85. The zero-order valence-electron chi connectivity index (χ0n) is 11.4. The second kappa shape index (κ2) is 5.08. The molecule has 3 rings (SSSR count). The molecule has 4 N–H and O–H groups in total. The number of carbonyl (C=O) groups is 2. The van der Waals surface area contributed by atoms with Gasteiger partial charge in [0, 0.05) is 19.0 Å². The van der Waals surface area contributed by atoms with Crippen LogP contribution in [0.4, 0.5) is 0 Å². The van der Waals surface area contributed by atoms with E-state index in [0.717, 1.165) is 0 Å². The maximum atomic E-state index is 12.6. The predicted octanol–water partition coefficient (Wildman–Crippen LogP) is 0.194. The highest BCUT2D eigenvalue weighted by atomic mass is 16.2. The molecule has 2 aromatic rings. The molecule has 21 heavy (non-hydrogen) atoms. The van der Waals surface area contributed by atoms with E-state index in [0.29, 0.717) is 42.5 Å². The van der Waals surface area contributed by atoms with Crippen molar-refractivity contribution in [1.82, 2.24) is 14.9 Å². The fourth-order valence-corrected chi connectivity index (χ4v) is 2.77. The maximum Gasteiger partial charge on any atom is 0.323 e. The summed E-state index contributed by atoms with van der Waals surface area (Å²) in [7, 11) is 0. The lowest BCUT2D eigenvalue weighted by Crippen LogP contribution is -2.41. The van der Waals surface area contributed by atoms with Crippen LogP contribution in [0, 0.1) is 5.92 Å². The zero-order chi connectivity index (χ0) is 15.0. The minimum Gasteiger partial charge on any atom is -0.369 e. The number of aromatic nitrogens is 2. The third-order valence-corrected chi connectivity index (χ3v) is 3.97. The standard InChI is InChI=1S/C14H16N4O3/c15-12(19)8-4-6-18(7-5-8)13(20)9-2-1-3-10-11(9)17-14(21)16-10/h1-3,8H,4-7H2,(H2,15,19)(H2,16,17,21). The van der Waals surface area contributed by atoms with Gasteiger partial charge in [0.15, 0.2) is 0 Å². The summed E-state index contributed by atoms with van der Waals surface area (Å²) in [5.41, 5.74) is 6.54. The molecule has 0 atom stereocenters. The average Bonchev–Trinajstić information content (AvgIpc) is 2.86. The van der Waals surface area contributed by atoms with Crippen LogP contribution in [-0.4, -0.2) is 39.8 Å². The third-order valence-electron chi connectivity index (χ3n) is 3.97. The Labute approximate surface area is 120 Å². The van der Waals surface area contributed by atoms with Gasteiger partial charge in [-0.15, -0.1) is 0 Å². The van der Waals surface area contributed by atoms with Crippen LogP contribution in [0.3, 0.4) is 0 Å². The van der Waals surface area contributed by atoms with Gasteiger partial charge in [-0.1, -0.05) is 6.07 Å². The van der Waals surface area contributed by atoms with E-state index < -0.39 is 0 Å². The first-order chi connectivity index (χ1) is 10.1. The number of H-pyrrole nitrogens is 2. The maximum absolute atomic E-state index is 12.6. The zero-order valence-corrected chi connectivity index (χ0v) is 11.4. The number of amides is 2. The Morgan fingerprint density at radius 2 is 1.90 bits per heavy atom. The first kappa shape index (κ1) is 13.4. The largest absolute Gasteiger partial charge is 0.369 e.